The number of amides is 1. The van der Waals surface area contributed by atoms with Gasteiger partial charge in [0.2, 0.25) is 0 Å². The van der Waals surface area contributed by atoms with Crippen molar-refractivity contribution in [1.29, 1.82) is 0 Å². The number of rotatable bonds is 9. The Morgan fingerprint density at radius 3 is 2.60 bits per heavy atom. The molecule has 0 bridgehead atoms. The second-order valence-electron chi connectivity index (χ2n) is 8.75. The zero-order chi connectivity index (χ0) is 25.4. The SMILES string of the molecule is CN=C/C(=C\N)c1cc(OC)cc(C(C)NC(=O)c2cc(N3CCN(CCO)CC3)ccc2C)c1. The maximum absolute atomic E-state index is 13.3. The molecule has 8 heteroatoms. The molecule has 1 aliphatic heterocycles. The average Bonchev–Trinajstić information content (AvgIpc) is 2.87. The van der Waals surface area contributed by atoms with E-state index in [1.807, 2.05) is 44.2 Å². The van der Waals surface area contributed by atoms with Crippen LogP contribution in [0.25, 0.3) is 5.57 Å². The molecule has 1 unspecified atom stereocenters. The first-order chi connectivity index (χ1) is 16.9. The summed E-state index contributed by atoms with van der Waals surface area (Å²) in [6, 6.07) is 11.6. The second kappa shape index (κ2) is 12.4. The zero-order valence-electron chi connectivity index (χ0n) is 21.1. The number of piperazine rings is 1. The van der Waals surface area contributed by atoms with Crippen LogP contribution in [-0.2, 0) is 0 Å². The molecule has 1 fully saturated rings. The number of allylic oxidation sites excluding steroid dienone is 1. The highest BCUT2D eigenvalue weighted by Gasteiger charge is 2.20. The van der Waals surface area contributed by atoms with Crippen molar-refractivity contribution in [3.63, 3.8) is 0 Å². The van der Waals surface area contributed by atoms with Gasteiger partial charge in [0.15, 0.2) is 0 Å². The average molecular weight is 480 g/mol. The fourth-order valence-corrected chi connectivity index (χ4v) is 4.29. The quantitative estimate of drug-likeness (QED) is 0.478. The minimum atomic E-state index is -0.251. The molecule has 0 aromatic heterocycles. The zero-order valence-corrected chi connectivity index (χ0v) is 21.1. The van der Waals surface area contributed by atoms with Crippen molar-refractivity contribution in [2.75, 3.05) is 58.4 Å². The summed E-state index contributed by atoms with van der Waals surface area (Å²) in [6.45, 7) is 8.31. The lowest BCUT2D eigenvalue weighted by molar-refractivity contribution is 0.0939. The smallest absolute Gasteiger partial charge is 0.252 e. The molecule has 1 heterocycles. The van der Waals surface area contributed by atoms with E-state index in [2.05, 4.69) is 26.2 Å². The van der Waals surface area contributed by atoms with Crippen LogP contribution in [0.4, 0.5) is 5.69 Å². The Hall–Kier alpha value is -3.36. The van der Waals surface area contributed by atoms with Crippen molar-refractivity contribution in [3.8, 4) is 5.75 Å². The predicted molar refractivity (Wildman–Crippen MR) is 142 cm³/mol. The number of hydrogen-bond donors (Lipinski definition) is 3. The van der Waals surface area contributed by atoms with Crippen molar-refractivity contribution in [3.05, 3.63) is 64.9 Å². The lowest BCUT2D eigenvalue weighted by Crippen LogP contribution is -2.47. The van der Waals surface area contributed by atoms with E-state index >= 15 is 0 Å². The molecule has 0 saturated carbocycles. The summed E-state index contributed by atoms with van der Waals surface area (Å²) in [4.78, 5) is 21.9. The molecule has 1 aliphatic rings. The van der Waals surface area contributed by atoms with Crippen LogP contribution in [0, 0.1) is 6.92 Å². The third kappa shape index (κ3) is 6.61. The maximum Gasteiger partial charge on any atom is 0.252 e. The normalized spacial score (nSPS) is 15.9. The van der Waals surface area contributed by atoms with Crippen LogP contribution >= 0.6 is 0 Å². The number of nitrogens with two attached hydrogens (primary N) is 1. The number of benzene rings is 2. The molecule has 1 amide bonds. The molecule has 0 spiro atoms. The van der Waals surface area contributed by atoms with Crippen LogP contribution in [-0.4, -0.2) is 75.6 Å². The van der Waals surface area contributed by atoms with Gasteiger partial charge in [0.1, 0.15) is 5.75 Å². The van der Waals surface area contributed by atoms with Crippen LogP contribution in [0.2, 0.25) is 0 Å². The number of nitrogens with zero attached hydrogens (tertiary/aromatic N) is 3. The minimum absolute atomic E-state index is 0.121. The summed E-state index contributed by atoms with van der Waals surface area (Å²) < 4.78 is 5.48. The third-order valence-corrected chi connectivity index (χ3v) is 6.41. The minimum Gasteiger partial charge on any atom is -0.497 e. The predicted octanol–water partition coefficient (Wildman–Crippen LogP) is 2.61. The number of aliphatic imine (C=N–C) groups is 1. The number of β-amino-alcohol motifs (C(OH)–C–C–N with tert-alkyl or cyclic N) is 1. The van der Waals surface area contributed by atoms with Gasteiger partial charge >= 0.3 is 0 Å². The van der Waals surface area contributed by atoms with E-state index in [0.717, 1.165) is 54.1 Å². The number of hydrogen-bond acceptors (Lipinski definition) is 7. The Morgan fingerprint density at radius 2 is 1.97 bits per heavy atom. The van der Waals surface area contributed by atoms with Gasteiger partial charge in [-0.15, -0.1) is 0 Å². The van der Waals surface area contributed by atoms with Gasteiger partial charge in [-0.3, -0.25) is 14.7 Å². The summed E-state index contributed by atoms with van der Waals surface area (Å²) >= 11 is 0. The van der Waals surface area contributed by atoms with E-state index in [1.54, 1.807) is 20.4 Å². The first-order valence-corrected chi connectivity index (χ1v) is 11.9. The van der Waals surface area contributed by atoms with Crippen LogP contribution in [0.5, 0.6) is 5.75 Å². The summed E-state index contributed by atoms with van der Waals surface area (Å²) in [5.41, 5.74) is 11.0. The number of ether oxygens (including phenoxy) is 1. The number of aliphatic hydroxyl groups excluding tert-OH is 1. The summed E-state index contributed by atoms with van der Waals surface area (Å²) in [5.74, 6) is 0.561. The van der Waals surface area contributed by atoms with E-state index in [4.69, 9.17) is 10.5 Å². The van der Waals surface area contributed by atoms with Gasteiger partial charge in [-0.25, -0.2) is 0 Å². The molecule has 1 atom stereocenters. The highest BCUT2D eigenvalue weighted by molar-refractivity contribution is 6.09. The molecule has 3 rings (SSSR count). The highest BCUT2D eigenvalue weighted by atomic mass is 16.5. The maximum atomic E-state index is 13.3. The topological polar surface area (TPSA) is 103 Å². The summed E-state index contributed by atoms with van der Waals surface area (Å²) in [6.07, 6.45) is 3.20. The Kier molecular flexibility index (Phi) is 9.28. The largest absolute Gasteiger partial charge is 0.497 e. The molecule has 8 nitrogen and oxygen atoms in total. The van der Waals surface area contributed by atoms with Gasteiger partial charge in [0.05, 0.1) is 19.8 Å². The summed E-state index contributed by atoms with van der Waals surface area (Å²) in [7, 11) is 3.31. The Bertz CT molecular complexity index is 1070. The van der Waals surface area contributed by atoms with Crippen LogP contribution in [0.3, 0.4) is 0 Å². The monoisotopic (exact) mass is 479 g/mol. The lowest BCUT2D eigenvalue weighted by Gasteiger charge is -2.36. The first-order valence-electron chi connectivity index (χ1n) is 11.9. The molecule has 0 radical (unpaired) electrons. The van der Waals surface area contributed by atoms with Gasteiger partial charge in [0, 0.05) is 69.0 Å². The molecule has 2 aromatic rings. The van der Waals surface area contributed by atoms with Crippen LogP contribution in [0.15, 0.2) is 47.6 Å². The van der Waals surface area contributed by atoms with E-state index in [1.165, 1.54) is 6.20 Å². The Balaban J connectivity index is 1.78. The van der Waals surface area contributed by atoms with E-state index < -0.39 is 0 Å². The van der Waals surface area contributed by atoms with Gasteiger partial charge in [-0.2, -0.15) is 0 Å². The molecule has 35 heavy (non-hydrogen) atoms. The van der Waals surface area contributed by atoms with Crippen LogP contribution < -0.4 is 20.7 Å². The number of carbonyl (C=O) groups excluding carboxylic acids is 1. The van der Waals surface area contributed by atoms with Crippen LogP contribution in [0.1, 0.15) is 40.0 Å². The third-order valence-electron chi connectivity index (χ3n) is 6.41. The summed E-state index contributed by atoms with van der Waals surface area (Å²) in [5, 5.41) is 12.3. The molecular weight excluding hydrogens is 442 g/mol. The molecule has 0 aliphatic carbocycles. The molecule has 1 saturated heterocycles. The molecular formula is C27H37N5O3. The number of methoxy groups -OCH3 is 1. The van der Waals surface area contributed by atoms with E-state index in [9.17, 15) is 9.90 Å². The van der Waals surface area contributed by atoms with Gasteiger partial charge in [-0.05, 0) is 60.9 Å². The number of carbonyl (C=O) groups is 1. The van der Waals surface area contributed by atoms with Gasteiger partial charge < -0.3 is 25.8 Å². The van der Waals surface area contributed by atoms with E-state index in [-0.39, 0.29) is 18.6 Å². The number of aliphatic hydroxyl groups is 1. The second-order valence-corrected chi connectivity index (χ2v) is 8.75. The number of anilines is 1. The van der Waals surface area contributed by atoms with Crippen molar-refractivity contribution >= 4 is 23.4 Å². The van der Waals surface area contributed by atoms with Crippen molar-refractivity contribution in [2.24, 2.45) is 10.7 Å². The van der Waals surface area contributed by atoms with Gasteiger partial charge in [0.25, 0.3) is 5.91 Å². The van der Waals surface area contributed by atoms with Crippen molar-refractivity contribution < 1.29 is 14.6 Å². The van der Waals surface area contributed by atoms with E-state index in [0.29, 0.717) is 17.9 Å². The standard InChI is InChI=1S/C27H37N5O3/c1-19-5-6-24(32-9-7-31(8-10-32)11-12-33)16-26(19)27(34)30-20(2)21-13-22(15-25(14-21)35-4)23(17-28)18-29-3/h5-6,13-18,20,33H,7-12,28H2,1-4H3,(H,30,34)/b23-17+,29-18?. The highest BCUT2D eigenvalue weighted by Crippen LogP contribution is 2.27. The van der Waals surface area contributed by atoms with Crippen molar-refractivity contribution in [1.82, 2.24) is 10.2 Å². The van der Waals surface area contributed by atoms with Gasteiger partial charge in [-0.1, -0.05) is 6.07 Å². The Labute approximate surface area is 208 Å². The molecule has 4 N–H and O–H groups in total. The first kappa shape index (κ1) is 26.2. The fourth-order valence-electron chi connectivity index (χ4n) is 4.29. The van der Waals surface area contributed by atoms with Crippen molar-refractivity contribution in [2.45, 2.75) is 19.9 Å². The molecule has 2 aromatic carbocycles. The molecule has 188 valence electrons. The number of aryl methyl sites for hydroxylation is 1. The fraction of sp³-hybridized carbons (Fsp3) is 0.407. The lowest BCUT2D eigenvalue weighted by atomic mass is 9.99. The Morgan fingerprint density at radius 1 is 1.23 bits per heavy atom. The number of nitrogens with one attached hydrogen (secondary N) is 1.